The SMILES string of the molecule is CC(=O)CN1CCC(c2ccc(NC3CCC(=O)NC3=O)nc2)CC1. The number of aromatic nitrogens is 1. The molecule has 1 aromatic rings. The van der Waals surface area contributed by atoms with Gasteiger partial charge in [0.05, 0.1) is 6.54 Å². The third-order valence-electron chi connectivity index (χ3n) is 4.85. The molecule has 0 saturated carbocycles. The molecule has 1 atom stereocenters. The average Bonchev–Trinajstić information content (AvgIpc) is 2.58. The molecule has 2 aliphatic heterocycles. The molecule has 25 heavy (non-hydrogen) atoms. The summed E-state index contributed by atoms with van der Waals surface area (Å²) >= 11 is 0. The molecule has 0 aliphatic carbocycles. The number of amides is 2. The van der Waals surface area contributed by atoms with Crippen LogP contribution in [0, 0.1) is 0 Å². The van der Waals surface area contributed by atoms with Crippen LogP contribution in [-0.2, 0) is 14.4 Å². The lowest BCUT2D eigenvalue weighted by molar-refractivity contribution is -0.133. The first-order chi connectivity index (χ1) is 12.0. The number of rotatable bonds is 5. The van der Waals surface area contributed by atoms with Gasteiger partial charge in [-0.1, -0.05) is 6.07 Å². The van der Waals surface area contributed by atoms with Gasteiger partial charge in [-0.2, -0.15) is 0 Å². The molecule has 7 nitrogen and oxygen atoms in total. The Morgan fingerprint density at radius 1 is 1.28 bits per heavy atom. The normalized spacial score (nSPS) is 22.5. The zero-order valence-corrected chi connectivity index (χ0v) is 14.5. The van der Waals surface area contributed by atoms with Crippen molar-refractivity contribution in [3.63, 3.8) is 0 Å². The molecule has 2 N–H and O–H groups in total. The summed E-state index contributed by atoms with van der Waals surface area (Å²) in [7, 11) is 0. The van der Waals surface area contributed by atoms with E-state index in [1.807, 2.05) is 18.3 Å². The maximum Gasteiger partial charge on any atom is 0.249 e. The molecule has 0 radical (unpaired) electrons. The standard InChI is InChI=1S/C18H24N4O3/c1-12(23)11-22-8-6-13(7-9-22)14-2-4-16(19-10-14)20-15-3-5-17(24)21-18(15)25/h2,4,10,13,15H,3,5-9,11H2,1H3,(H,19,20)(H,21,24,25). The third kappa shape index (κ3) is 4.63. The minimum Gasteiger partial charge on any atom is -0.358 e. The number of ketones is 1. The average molecular weight is 344 g/mol. The fraction of sp³-hybridized carbons (Fsp3) is 0.556. The minimum absolute atomic E-state index is 0.212. The van der Waals surface area contributed by atoms with Crippen LogP contribution in [0.3, 0.4) is 0 Å². The fourth-order valence-electron chi connectivity index (χ4n) is 3.48. The predicted molar refractivity (Wildman–Crippen MR) is 93.1 cm³/mol. The van der Waals surface area contributed by atoms with Gasteiger partial charge in [-0.25, -0.2) is 4.98 Å². The van der Waals surface area contributed by atoms with E-state index in [0.29, 0.717) is 31.1 Å². The topological polar surface area (TPSA) is 91.4 Å². The Balaban J connectivity index is 1.53. The summed E-state index contributed by atoms with van der Waals surface area (Å²) < 4.78 is 0. The first-order valence-electron chi connectivity index (χ1n) is 8.79. The summed E-state index contributed by atoms with van der Waals surface area (Å²) in [6.45, 7) is 4.03. The van der Waals surface area contributed by atoms with Crippen molar-refractivity contribution in [2.24, 2.45) is 0 Å². The van der Waals surface area contributed by atoms with Gasteiger partial charge >= 0.3 is 0 Å². The van der Waals surface area contributed by atoms with Gasteiger partial charge in [0, 0.05) is 12.6 Å². The number of carbonyl (C=O) groups excluding carboxylic acids is 3. The van der Waals surface area contributed by atoms with Crippen LogP contribution in [0.2, 0.25) is 0 Å². The van der Waals surface area contributed by atoms with Crippen LogP contribution >= 0.6 is 0 Å². The van der Waals surface area contributed by atoms with Gasteiger partial charge in [-0.3, -0.25) is 24.6 Å². The number of hydrogen-bond donors (Lipinski definition) is 2. The van der Waals surface area contributed by atoms with Gasteiger partial charge in [-0.05, 0) is 56.8 Å². The molecular formula is C18H24N4O3. The molecule has 3 heterocycles. The summed E-state index contributed by atoms with van der Waals surface area (Å²) in [5.74, 6) is 0.805. The van der Waals surface area contributed by atoms with E-state index in [1.165, 1.54) is 5.56 Å². The number of nitrogens with zero attached hydrogens (tertiary/aromatic N) is 2. The highest BCUT2D eigenvalue weighted by molar-refractivity contribution is 6.01. The van der Waals surface area contributed by atoms with Crippen molar-refractivity contribution in [1.82, 2.24) is 15.2 Å². The smallest absolute Gasteiger partial charge is 0.249 e. The molecule has 7 heteroatoms. The predicted octanol–water partition coefficient (Wildman–Crippen LogP) is 1.07. The lowest BCUT2D eigenvalue weighted by Crippen LogP contribution is -2.47. The highest BCUT2D eigenvalue weighted by atomic mass is 16.2. The second-order valence-electron chi connectivity index (χ2n) is 6.88. The van der Waals surface area contributed by atoms with E-state index >= 15 is 0 Å². The van der Waals surface area contributed by atoms with Gasteiger partial charge in [0.1, 0.15) is 17.6 Å². The van der Waals surface area contributed by atoms with Crippen molar-refractivity contribution in [3.05, 3.63) is 23.9 Å². The summed E-state index contributed by atoms with van der Waals surface area (Å²) in [5.41, 5.74) is 1.19. The van der Waals surface area contributed by atoms with E-state index in [-0.39, 0.29) is 17.6 Å². The van der Waals surface area contributed by atoms with Gasteiger partial charge in [-0.15, -0.1) is 0 Å². The van der Waals surface area contributed by atoms with Crippen LogP contribution in [-0.4, -0.2) is 53.2 Å². The van der Waals surface area contributed by atoms with E-state index in [1.54, 1.807) is 6.92 Å². The van der Waals surface area contributed by atoms with Crippen molar-refractivity contribution in [3.8, 4) is 0 Å². The first kappa shape index (κ1) is 17.5. The van der Waals surface area contributed by atoms with Crippen molar-refractivity contribution in [2.75, 3.05) is 25.0 Å². The van der Waals surface area contributed by atoms with Gasteiger partial charge in [0.2, 0.25) is 11.8 Å². The lowest BCUT2D eigenvalue weighted by Gasteiger charge is -2.31. The van der Waals surface area contributed by atoms with Crippen molar-refractivity contribution in [1.29, 1.82) is 0 Å². The van der Waals surface area contributed by atoms with Gasteiger partial charge < -0.3 is 5.32 Å². The molecular weight excluding hydrogens is 320 g/mol. The van der Waals surface area contributed by atoms with E-state index < -0.39 is 6.04 Å². The van der Waals surface area contributed by atoms with Crippen molar-refractivity contribution in [2.45, 2.75) is 44.6 Å². The van der Waals surface area contributed by atoms with Gasteiger partial charge in [0.25, 0.3) is 0 Å². The monoisotopic (exact) mass is 344 g/mol. The Kier molecular flexibility index (Phi) is 5.43. The van der Waals surface area contributed by atoms with E-state index in [0.717, 1.165) is 25.9 Å². The second kappa shape index (κ2) is 7.74. The highest BCUT2D eigenvalue weighted by Crippen LogP contribution is 2.28. The number of likely N-dealkylation sites (tertiary alicyclic amines) is 1. The lowest BCUT2D eigenvalue weighted by atomic mass is 9.90. The number of Topliss-reactive ketones (excluding diaryl/α,β-unsaturated/α-hetero) is 1. The van der Waals surface area contributed by atoms with Crippen LogP contribution in [0.15, 0.2) is 18.3 Å². The molecule has 2 amide bonds. The molecule has 2 fully saturated rings. The molecule has 2 aliphatic rings. The maximum absolute atomic E-state index is 11.8. The second-order valence-corrected chi connectivity index (χ2v) is 6.88. The van der Waals surface area contributed by atoms with Gasteiger partial charge in [0.15, 0.2) is 0 Å². The van der Waals surface area contributed by atoms with Crippen LogP contribution in [0.25, 0.3) is 0 Å². The summed E-state index contributed by atoms with van der Waals surface area (Å²) in [6.07, 6.45) is 4.74. The van der Waals surface area contributed by atoms with Crippen LogP contribution in [0.1, 0.15) is 44.1 Å². The largest absolute Gasteiger partial charge is 0.358 e. The zero-order valence-electron chi connectivity index (χ0n) is 14.5. The van der Waals surface area contributed by atoms with E-state index in [9.17, 15) is 14.4 Å². The quantitative estimate of drug-likeness (QED) is 0.777. The molecule has 3 rings (SSSR count). The van der Waals surface area contributed by atoms with Crippen LogP contribution in [0.5, 0.6) is 0 Å². The highest BCUT2D eigenvalue weighted by Gasteiger charge is 2.27. The molecule has 0 aromatic carbocycles. The third-order valence-corrected chi connectivity index (χ3v) is 4.85. The van der Waals surface area contributed by atoms with Crippen molar-refractivity contribution < 1.29 is 14.4 Å². The van der Waals surface area contributed by atoms with Crippen LogP contribution in [0.4, 0.5) is 5.82 Å². The Hall–Kier alpha value is -2.28. The molecule has 1 unspecified atom stereocenters. The van der Waals surface area contributed by atoms with Crippen LogP contribution < -0.4 is 10.6 Å². The minimum atomic E-state index is -0.411. The molecule has 1 aromatic heterocycles. The maximum atomic E-state index is 11.8. The number of hydrogen-bond acceptors (Lipinski definition) is 6. The number of imide groups is 1. The summed E-state index contributed by atoms with van der Waals surface area (Å²) in [6, 6.07) is 3.53. The molecule has 2 saturated heterocycles. The van der Waals surface area contributed by atoms with E-state index in [4.69, 9.17) is 0 Å². The van der Waals surface area contributed by atoms with E-state index in [2.05, 4.69) is 20.5 Å². The number of piperidine rings is 2. The number of carbonyl (C=O) groups is 3. The first-order valence-corrected chi connectivity index (χ1v) is 8.79. The Morgan fingerprint density at radius 2 is 2.04 bits per heavy atom. The zero-order chi connectivity index (χ0) is 17.8. The van der Waals surface area contributed by atoms with Crippen molar-refractivity contribution >= 4 is 23.4 Å². The summed E-state index contributed by atoms with van der Waals surface area (Å²) in [5, 5.41) is 5.42. The molecule has 0 spiro atoms. The Bertz CT molecular complexity index is 651. The number of pyridine rings is 1. The Morgan fingerprint density at radius 3 is 2.64 bits per heavy atom. The molecule has 0 bridgehead atoms. The number of nitrogens with one attached hydrogen (secondary N) is 2. The number of anilines is 1. The Labute approximate surface area is 147 Å². The summed E-state index contributed by atoms with van der Waals surface area (Å²) in [4.78, 5) is 40.8. The fourth-order valence-corrected chi connectivity index (χ4v) is 3.48. The molecule has 134 valence electrons.